The second-order valence-electron chi connectivity index (χ2n) is 6.80. The number of hydrogen-bond acceptors (Lipinski definition) is 4. The van der Waals surface area contributed by atoms with Gasteiger partial charge in [-0.1, -0.05) is 24.3 Å². The van der Waals surface area contributed by atoms with Crippen molar-refractivity contribution in [2.75, 3.05) is 5.73 Å². The fourth-order valence-electron chi connectivity index (χ4n) is 2.91. The number of nitrogens with two attached hydrogens (primary N) is 1. The molecule has 0 unspecified atom stereocenters. The first-order chi connectivity index (χ1) is 15.0. The van der Waals surface area contributed by atoms with E-state index in [-0.39, 0.29) is 17.2 Å². The van der Waals surface area contributed by atoms with Crippen LogP contribution in [0.3, 0.4) is 0 Å². The molecule has 0 fully saturated rings. The number of nitrogens with zero attached hydrogens (tertiary/aromatic N) is 4. The van der Waals surface area contributed by atoms with Crippen molar-refractivity contribution >= 4 is 5.69 Å². The van der Waals surface area contributed by atoms with E-state index in [1.54, 1.807) is 24.3 Å². The summed E-state index contributed by atoms with van der Waals surface area (Å²) in [7, 11) is 0. The molecule has 0 aliphatic heterocycles. The van der Waals surface area contributed by atoms with Crippen LogP contribution >= 0.6 is 0 Å². The van der Waals surface area contributed by atoms with Gasteiger partial charge in [0.05, 0.1) is 17.0 Å². The molecule has 164 valence electrons. The Morgan fingerprint density at radius 1 is 0.719 bits per heavy atom. The average molecular weight is 449 g/mol. The number of hydrogen-bond donors (Lipinski definition) is 1. The number of halogens is 6. The normalized spacial score (nSPS) is 12.2. The first-order valence-electron chi connectivity index (χ1n) is 9.05. The lowest BCUT2D eigenvalue weighted by molar-refractivity contribution is -0.141. The second-order valence-corrected chi connectivity index (χ2v) is 6.80. The maximum atomic E-state index is 13.4. The van der Waals surface area contributed by atoms with Crippen LogP contribution < -0.4 is 5.73 Å². The molecule has 11 heteroatoms. The highest BCUT2D eigenvalue weighted by Crippen LogP contribution is 2.33. The molecular weight excluding hydrogens is 436 g/mol. The van der Waals surface area contributed by atoms with E-state index >= 15 is 0 Å². The molecule has 5 nitrogen and oxygen atoms in total. The molecule has 0 bridgehead atoms. The van der Waals surface area contributed by atoms with E-state index < -0.39 is 23.6 Å². The largest absolute Gasteiger partial charge is 0.433 e. The molecule has 0 aliphatic carbocycles. The molecule has 0 saturated carbocycles. The zero-order chi connectivity index (χ0) is 23.1. The summed E-state index contributed by atoms with van der Waals surface area (Å²) in [5.74, 6) is -0.330. The second kappa shape index (κ2) is 7.66. The molecule has 2 aromatic carbocycles. The lowest BCUT2D eigenvalue weighted by Crippen LogP contribution is -2.12. The van der Waals surface area contributed by atoms with Gasteiger partial charge >= 0.3 is 12.4 Å². The molecule has 0 aliphatic rings. The third-order valence-electron chi connectivity index (χ3n) is 4.53. The van der Waals surface area contributed by atoms with Gasteiger partial charge in [-0.2, -0.15) is 26.3 Å². The number of benzene rings is 2. The Morgan fingerprint density at radius 3 is 1.91 bits per heavy atom. The summed E-state index contributed by atoms with van der Waals surface area (Å²) < 4.78 is 79.9. The van der Waals surface area contributed by atoms with Crippen LogP contribution in [0.15, 0.2) is 67.1 Å². The number of alkyl halides is 6. The zero-order valence-corrected chi connectivity index (χ0v) is 16.0. The lowest BCUT2D eigenvalue weighted by atomic mass is 10.1. The van der Waals surface area contributed by atoms with Crippen molar-refractivity contribution in [3.05, 3.63) is 78.4 Å². The Hall–Kier alpha value is -3.89. The maximum Gasteiger partial charge on any atom is 0.433 e. The minimum atomic E-state index is -4.79. The summed E-state index contributed by atoms with van der Waals surface area (Å²) in [5.41, 5.74) is 5.04. The first-order valence-corrected chi connectivity index (χ1v) is 9.05. The Morgan fingerprint density at radius 2 is 1.31 bits per heavy atom. The number of imidazole rings is 1. The lowest BCUT2D eigenvalue weighted by Gasteiger charge is -2.12. The fraction of sp³-hybridized carbons (Fsp3) is 0.0952. The van der Waals surface area contributed by atoms with Gasteiger partial charge in [0.1, 0.15) is 6.33 Å². The summed E-state index contributed by atoms with van der Waals surface area (Å²) in [4.78, 5) is 11.8. The van der Waals surface area contributed by atoms with Crippen LogP contribution in [-0.2, 0) is 12.4 Å². The van der Waals surface area contributed by atoms with Crippen molar-refractivity contribution in [2.45, 2.75) is 12.4 Å². The van der Waals surface area contributed by atoms with E-state index in [1.807, 2.05) is 0 Å². The molecule has 0 radical (unpaired) electrons. The number of anilines is 1. The van der Waals surface area contributed by atoms with Crippen LogP contribution in [0.1, 0.15) is 11.3 Å². The molecule has 2 N–H and O–H groups in total. The molecule has 4 aromatic rings. The quantitative estimate of drug-likeness (QED) is 0.326. The fourth-order valence-corrected chi connectivity index (χ4v) is 2.91. The van der Waals surface area contributed by atoms with Gasteiger partial charge in [-0.15, -0.1) is 0 Å². The molecule has 0 amide bonds. The number of aromatic nitrogens is 4. The van der Waals surface area contributed by atoms with Crippen LogP contribution in [0.4, 0.5) is 32.0 Å². The Balaban J connectivity index is 1.77. The Bertz CT molecular complexity index is 1240. The van der Waals surface area contributed by atoms with Crippen LogP contribution in [0.5, 0.6) is 0 Å². The van der Waals surface area contributed by atoms with Crippen molar-refractivity contribution in [1.82, 2.24) is 19.5 Å². The van der Waals surface area contributed by atoms with E-state index in [4.69, 9.17) is 5.73 Å². The summed E-state index contributed by atoms with van der Waals surface area (Å²) in [5, 5.41) is 0. The average Bonchev–Trinajstić information content (AvgIpc) is 3.23. The predicted molar refractivity (Wildman–Crippen MR) is 104 cm³/mol. The highest BCUT2D eigenvalue weighted by Gasteiger charge is 2.34. The van der Waals surface area contributed by atoms with Gasteiger partial charge in [0.15, 0.2) is 5.69 Å². The molecule has 32 heavy (non-hydrogen) atoms. The van der Waals surface area contributed by atoms with Crippen molar-refractivity contribution < 1.29 is 26.3 Å². The van der Waals surface area contributed by atoms with E-state index in [0.717, 1.165) is 24.3 Å². The molecule has 0 saturated heterocycles. The molecule has 0 spiro atoms. The van der Waals surface area contributed by atoms with Gasteiger partial charge in [-0.3, -0.25) is 4.57 Å². The highest BCUT2D eigenvalue weighted by molar-refractivity contribution is 5.63. The topological polar surface area (TPSA) is 69.6 Å². The predicted octanol–water partition coefficient (Wildman–Crippen LogP) is 5.62. The molecule has 0 atom stereocenters. The van der Waals surface area contributed by atoms with Crippen molar-refractivity contribution in [3.63, 3.8) is 0 Å². The summed E-state index contributed by atoms with van der Waals surface area (Å²) in [6.07, 6.45) is -6.67. The maximum absolute atomic E-state index is 13.4. The van der Waals surface area contributed by atoms with Crippen LogP contribution in [-0.4, -0.2) is 19.5 Å². The van der Waals surface area contributed by atoms with Gasteiger partial charge in [0, 0.05) is 23.0 Å². The smallest absolute Gasteiger partial charge is 0.399 e. The number of rotatable bonds is 3. The molecular formula is C21H13F6N5. The first kappa shape index (κ1) is 21.3. The third-order valence-corrected chi connectivity index (χ3v) is 4.53. The minimum Gasteiger partial charge on any atom is -0.399 e. The third kappa shape index (κ3) is 4.41. The van der Waals surface area contributed by atoms with Gasteiger partial charge in [-0.05, 0) is 30.3 Å². The number of nitrogen functional groups attached to an aromatic ring is 1. The minimum absolute atomic E-state index is 0.0750. The van der Waals surface area contributed by atoms with Crippen molar-refractivity contribution in [1.29, 1.82) is 0 Å². The van der Waals surface area contributed by atoms with Crippen molar-refractivity contribution in [2.24, 2.45) is 0 Å². The summed E-state index contributed by atoms with van der Waals surface area (Å²) in [6, 6.07) is 11.1. The van der Waals surface area contributed by atoms with Gasteiger partial charge in [0.25, 0.3) is 0 Å². The summed E-state index contributed by atoms with van der Waals surface area (Å²) >= 11 is 0. The van der Waals surface area contributed by atoms with E-state index in [0.29, 0.717) is 23.0 Å². The van der Waals surface area contributed by atoms with Crippen LogP contribution in [0.2, 0.25) is 0 Å². The van der Waals surface area contributed by atoms with Crippen LogP contribution in [0, 0.1) is 0 Å². The molecule has 4 rings (SSSR count). The summed E-state index contributed by atoms with van der Waals surface area (Å²) in [6.45, 7) is 0. The SMILES string of the molecule is Nc1ccc(-c2cn(-c3nc(-c4ccc(C(F)(F)F)cc4)cc(C(F)(F)F)n3)cn2)cc1. The van der Waals surface area contributed by atoms with E-state index in [1.165, 1.54) is 17.1 Å². The van der Waals surface area contributed by atoms with Crippen molar-refractivity contribution in [3.8, 4) is 28.5 Å². The zero-order valence-electron chi connectivity index (χ0n) is 16.0. The van der Waals surface area contributed by atoms with Gasteiger partial charge in [0.2, 0.25) is 5.95 Å². The van der Waals surface area contributed by atoms with Crippen LogP contribution in [0.25, 0.3) is 28.5 Å². The Kier molecular flexibility index (Phi) is 5.11. The monoisotopic (exact) mass is 449 g/mol. The van der Waals surface area contributed by atoms with E-state index in [2.05, 4.69) is 15.0 Å². The van der Waals surface area contributed by atoms with E-state index in [9.17, 15) is 26.3 Å². The Labute approximate surface area is 177 Å². The van der Waals surface area contributed by atoms with Gasteiger partial charge < -0.3 is 5.73 Å². The molecule has 2 heterocycles. The standard InChI is InChI=1S/C21H13F6N5/c22-20(23,24)14-5-1-12(2-6-14)16-9-18(21(25,26)27)31-19(30-16)32-10-17(29-11-32)13-3-7-15(28)8-4-13/h1-11H,28H2. The van der Waals surface area contributed by atoms with Gasteiger partial charge in [-0.25, -0.2) is 15.0 Å². The molecule has 2 aromatic heterocycles. The highest BCUT2D eigenvalue weighted by atomic mass is 19.4.